The van der Waals surface area contributed by atoms with Gasteiger partial charge in [-0.1, -0.05) is 18.5 Å². The molecule has 0 saturated carbocycles. The van der Waals surface area contributed by atoms with E-state index in [2.05, 4.69) is 31.0 Å². The average molecular weight is 255 g/mol. The molecular formula is C14H23ClN2. The van der Waals surface area contributed by atoms with E-state index in [-0.39, 0.29) is 0 Å². The Morgan fingerprint density at radius 1 is 1.18 bits per heavy atom. The van der Waals surface area contributed by atoms with Crippen molar-refractivity contribution in [2.75, 3.05) is 25.0 Å². The molecule has 0 bridgehead atoms. The van der Waals surface area contributed by atoms with Gasteiger partial charge in [0, 0.05) is 29.8 Å². The summed E-state index contributed by atoms with van der Waals surface area (Å²) in [4.78, 5) is 2.49. The van der Waals surface area contributed by atoms with Crippen LogP contribution in [0.4, 0.5) is 5.69 Å². The van der Waals surface area contributed by atoms with Crippen molar-refractivity contribution >= 4 is 17.3 Å². The number of nitrogens with one attached hydrogen (secondary N) is 1. The van der Waals surface area contributed by atoms with Gasteiger partial charge in [-0.3, -0.25) is 4.90 Å². The Labute approximate surface area is 110 Å². The van der Waals surface area contributed by atoms with Gasteiger partial charge < -0.3 is 5.32 Å². The number of halogens is 1. The first-order valence-electron chi connectivity index (χ1n) is 6.37. The normalized spacial score (nSPS) is 11.2. The SMILES string of the molecule is CCCN(CCNc1ccc(Cl)cc1)C(C)C. The first-order chi connectivity index (χ1) is 8.13. The van der Waals surface area contributed by atoms with Crippen LogP contribution in [0.25, 0.3) is 0 Å². The summed E-state index contributed by atoms with van der Waals surface area (Å²) in [7, 11) is 0. The lowest BCUT2D eigenvalue weighted by Gasteiger charge is -2.26. The summed E-state index contributed by atoms with van der Waals surface area (Å²) >= 11 is 5.84. The first-order valence-corrected chi connectivity index (χ1v) is 6.74. The third-order valence-electron chi connectivity index (χ3n) is 2.81. The summed E-state index contributed by atoms with van der Waals surface area (Å²) in [6.45, 7) is 9.94. The number of hydrogen-bond acceptors (Lipinski definition) is 2. The van der Waals surface area contributed by atoms with Crippen molar-refractivity contribution < 1.29 is 0 Å². The predicted octanol–water partition coefficient (Wildman–Crippen LogP) is 3.87. The zero-order valence-corrected chi connectivity index (χ0v) is 11.8. The highest BCUT2D eigenvalue weighted by molar-refractivity contribution is 6.30. The van der Waals surface area contributed by atoms with Gasteiger partial charge in [-0.15, -0.1) is 0 Å². The Morgan fingerprint density at radius 3 is 2.35 bits per heavy atom. The number of rotatable bonds is 7. The van der Waals surface area contributed by atoms with Crippen LogP contribution in [0.1, 0.15) is 27.2 Å². The molecule has 3 heteroatoms. The second-order valence-electron chi connectivity index (χ2n) is 4.56. The largest absolute Gasteiger partial charge is 0.384 e. The minimum Gasteiger partial charge on any atom is -0.384 e. The summed E-state index contributed by atoms with van der Waals surface area (Å²) in [5.41, 5.74) is 1.13. The molecular weight excluding hydrogens is 232 g/mol. The highest BCUT2D eigenvalue weighted by Crippen LogP contribution is 2.13. The van der Waals surface area contributed by atoms with Crippen LogP contribution in [-0.2, 0) is 0 Å². The summed E-state index contributed by atoms with van der Waals surface area (Å²) < 4.78 is 0. The molecule has 17 heavy (non-hydrogen) atoms. The standard InChI is InChI=1S/C14H23ClN2/c1-4-10-17(12(2)3)11-9-16-14-7-5-13(15)6-8-14/h5-8,12,16H,4,9-11H2,1-3H3. The molecule has 2 nitrogen and oxygen atoms in total. The molecule has 0 atom stereocenters. The van der Waals surface area contributed by atoms with Crippen LogP contribution in [0.3, 0.4) is 0 Å². The topological polar surface area (TPSA) is 15.3 Å². The zero-order valence-electron chi connectivity index (χ0n) is 11.0. The van der Waals surface area contributed by atoms with Crippen LogP contribution >= 0.6 is 11.6 Å². The molecule has 1 N–H and O–H groups in total. The fourth-order valence-corrected chi connectivity index (χ4v) is 1.95. The van der Waals surface area contributed by atoms with E-state index in [1.165, 1.54) is 13.0 Å². The van der Waals surface area contributed by atoms with Crippen molar-refractivity contribution in [3.05, 3.63) is 29.3 Å². The molecule has 96 valence electrons. The van der Waals surface area contributed by atoms with Crippen LogP contribution < -0.4 is 5.32 Å². The van der Waals surface area contributed by atoms with Crippen LogP contribution in [0.5, 0.6) is 0 Å². The predicted molar refractivity (Wildman–Crippen MR) is 76.9 cm³/mol. The maximum atomic E-state index is 5.84. The Bertz CT molecular complexity index is 309. The van der Waals surface area contributed by atoms with Crippen molar-refractivity contribution in [1.82, 2.24) is 4.90 Å². The highest BCUT2D eigenvalue weighted by Gasteiger charge is 2.06. The molecule has 0 amide bonds. The maximum Gasteiger partial charge on any atom is 0.0407 e. The summed E-state index contributed by atoms with van der Waals surface area (Å²) in [6.07, 6.45) is 1.21. The maximum absolute atomic E-state index is 5.84. The van der Waals surface area contributed by atoms with Crippen molar-refractivity contribution in [3.8, 4) is 0 Å². The highest BCUT2D eigenvalue weighted by atomic mass is 35.5. The van der Waals surface area contributed by atoms with Crippen molar-refractivity contribution in [2.45, 2.75) is 33.2 Å². The van der Waals surface area contributed by atoms with Crippen molar-refractivity contribution in [1.29, 1.82) is 0 Å². The smallest absolute Gasteiger partial charge is 0.0407 e. The number of anilines is 1. The van der Waals surface area contributed by atoms with Gasteiger partial charge >= 0.3 is 0 Å². The molecule has 0 unspecified atom stereocenters. The monoisotopic (exact) mass is 254 g/mol. The van der Waals surface area contributed by atoms with E-state index in [0.717, 1.165) is 23.8 Å². The number of hydrogen-bond donors (Lipinski definition) is 1. The Kier molecular flexibility index (Phi) is 6.38. The Balaban J connectivity index is 2.33. The van der Waals surface area contributed by atoms with Crippen LogP contribution in [0.15, 0.2) is 24.3 Å². The molecule has 0 aliphatic rings. The second-order valence-corrected chi connectivity index (χ2v) is 5.00. The van der Waals surface area contributed by atoms with Gasteiger partial charge in [-0.25, -0.2) is 0 Å². The van der Waals surface area contributed by atoms with Crippen molar-refractivity contribution in [3.63, 3.8) is 0 Å². The summed E-state index contributed by atoms with van der Waals surface area (Å²) in [6, 6.07) is 8.47. The molecule has 0 saturated heterocycles. The Hall–Kier alpha value is -0.730. The van der Waals surface area contributed by atoms with Gasteiger partial charge in [0.2, 0.25) is 0 Å². The minimum absolute atomic E-state index is 0.613. The number of nitrogens with zero attached hydrogens (tertiary/aromatic N) is 1. The van der Waals surface area contributed by atoms with Gasteiger partial charge in [0.1, 0.15) is 0 Å². The number of benzene rings is 1. The van der Waals surface area contributed by atoms with E-state index in [0.29, 0.717) is 6.04 Å². The molecule has 0 aliphatic carbocycles. The molecule has 0 spiro atoms. The lowest BCUT2D eigenvalue weighted by atomic mass is 10.3. The van der Waals surface area contributed by atoms with Crippen LogP contribution in [0, 0.1) is 0 Å². The molecule has 0 heterocycles. The van der Waals surface area contributed by atoms with E-state index in [4.69, 9.17) is 11.6 Å². The van der Waals surface area contributed by atoms with Crippen LogP contribution in [-0.4, -0.2) is 30.6 Å². The summed E-state index contributed by atoms with van der Waals surface area (Å²) in [5.74, 6) is 0. The fraction of sp³-hybridized carbons (Fsp3) is 0.571. The molecule has 1 rings (SSSR count). The van der Waals surface area contributed by atoms with Crippen LogP contribution in [0.2, 0.25) is 5.02 Å². The third kappa shape index (κ3) is 5.42. The van der Waals surface area contributed by atoms with Gasteiger partial charge in [-0.05, 0) is 51.1 Å². The third-order valence-corrected chi connectivity index (χ3v) is 3.07. The first kappa shape index (κ1) is 14.3. The molecule has 0 fully saturated rings. The lowest BCUT2D eigenvalue weighted by molar-refractivity contribution is 0.231. The molecule has 0 aromatic heterocycles. The fourth-order valence-electron chi connectivity index (χ4n) is 1.83. The second kappa shape index (κ2) is 7.57. The molecule has 0 aliphatic heterocycles. The van der Waals surface area contributed by atoms with E-state index in [9.17, 15) is 0 Å². The molecule has 1 aromatic carbocycles. The minimum atomic E-state index is 0.613. The van der Waals surface area contributed by atoms with E-state index < -0.39 is 0 Å². The zero-order chi connectivity index (χ0) is 12.7. The lowest BCUT2D eigenvalue weighted by Crippen LogP contribution is -2.35. The van der Waals surface area contributed by atoms with Gasteiger partial charge in [0.05, 0.1) is 0 Å². The van der Waals surface area contributed by atoms with Gasteiger partial charge in [0.15, 0.2) is 0 Å². The average Bonchev–Trinajstić information content (AvgIpc) is 2.30. The summed E-state index contributed by atoms with van der Waals surface area (Å²) in [5, 5.41) is 4.20. The quantitative estimate of drug-likeness (QED) is 0.795. The van der Waals surface area contributed by atoms with E-state index >= 15 is 0 Å². The van der Waals surface area contributed by atoms with E-state index in [1.807, 2.05) is 24.3 Å². The van der Waals surface area contributed by atoms with Gasteiger partial charge in [-0.2, -0.15) is 0 Å². The van der Waals surface area contributed by atoms with Crippen molar-refractivity contribution in [2.24, 2.45) is 0 Å². The van der Waals surface area contributed by atoms with Gasteiger partial charge in [0.25, 0.3) is 0 Å². The van der Waals surface area contributed by atoms with E-state index in [1.54, 1.807) is 0 Å². The Morgan fingerprint density at radius 2 is 1.82 bits per heavy atom. The molecule has 1 aromatic rings. The molecule has 0 radical (unpaired) electrons.